The minimum Gasteiger partial charge on any atom is -0.500 e. The van der Waals surface area contributed by atoms with Crippen LogP contribution in [0.25, 0.3) is 44.5 Å². The molecular weight excluding hydrogens is 729 g/mol. The Bertz CT molecular complexity index is 1980. The quantitative estimate of drug-likeness (QED) is 0.158. The molecular formula is C41H34IrN2O-2. The zero-order valence-electron chi connectivity index (χ0n) is 25.1. The van der Waals surface area contributed by atoms with Gasteiger partial charge in [-0.25, -0.2) is 0 Å². The Labute approximate surface area is 278 Å². The summed E-state index contributed by atoms with van der Waals surface area (Å²) < 4.78 is 5.90. The summed E-state index contributed by atoms with van der Waals surface area (Å²) in [6, 6.07) is 45.8. The number of hydrogen-bond acceptors (Lipinski definition) is 3. The van der Waals surface area contributed by atoms with Gasteiger partial charge in [0, 0.05) is 37.9 Å². The average molecular weight is 763 g/mol. The molecule has 3 aromatic heterocycles. The fourth-order valence-corrected chi connectivity index (χ4v) is 6.23. The molecule has 0 saturated heterocycles. The van der Waals surface area contributed by atoms with Crippen LogP contribution in [0.3, 0.4) is 0 Å². The summed E-state index contributed by atoms with van der Waals surface area (Å²) in [5.41, 5.74) is 9.84. The van der Waals surface area contributed by atoms with Gasteiger partial charge in [-0.15, -0.1) is 59.7 Å². The molecule has 1 saturated carbocycles. The molecule has 0 bridgehead atoms. The van der Waals surface area contributed by atoms with Crippen LogP contribution in [0.15, 0.2) is 132 Å². The van der Waals surface area contributed by atoms with Crippen molar-refractivity contribution in [2.24, 2.45) is 5.92 Å². The Kier molecular flexibility index (Phi) is 9.95. The minimum atomic E-state index is 0. The molecule has 1 aliphatic rings. The maximum atomic E-state index is 5.90. The first-order chi connectivity index (χ1) is 21.8. The van der Waals surface area contributed by atoms with E-state index < -0.39 is 0 Å². The topological polar surface area (TPSA) is 38.9 Å². The predicted octanol–water partition coefficient (Wildman–Crippen LogP) is 10.3. The van der Waals surface area contributed by atoms with Gasteiger partial charge in [0.15, 0.2) is 0 Å². The molecule has 0 spiro atoms. The number of nitrogens with zero attached hydrogens (tertiary/aromatic N) is 2. The molecule has 7 aromatic rings. The van der Waals surface area contributed by atoms with Crippen molar-refractivity contribution in [3.63, 3.8) is 0 Å². The number of rotatable bonds is 6. The van der Waals surface area contributed by atoms with E-state index in [4.69, 9.17) is 4.42 Å². The van der Waals surface area contributed by atoms with E-state index in [0.717, 1.165) is 56.8 Å². The Morgan fingerprint density at radius 1 is 0.622 bits per heavy atom. The van der Waals surface area contributed by atoms with Crippen LogP contribution in [0.5, 0.6) is 0 Å². The van der Waals surface area contributed by atoms with Gasteiger partial charge in [0.1, 0.15) is 5.58 Å². The predicted molar refractivity (Wildman–Crippen MR) is 179 cm³/mol. The zero-order valence-corrected chi connectivity index (χ0v) is 27.5. The molecule has 4 aromatic carbocycles. The van der Waals surface area contributed by atoms with Gasteiger partial charge in [-0.05, 0) is 59.5 Å². The second-order valence-electron chi connectivity index (χ2n) is 11.6. The van der Waals surface area contributed by atoms with Crippen molar-refractivity contribution in [1.82, 2.24) is 9.97 Å². The molecule has 45 heavy (non-hydrogen) atoms. The molecule has 8 rings (SSSR count). The van der Waals surface area contributed by atoms with E-state index in [1.807, 2.05) is 67.0 Å². The monoisotopic (exact) mass is 763 g/mol. The van der Waals surface area contributed by atoms with Crippen LogP contribution in [-0.2, 0) is 32.9 Å². The normalized spacial score (nSPS) is 12.9. The first-order valence-electron chi connectivity index (χ1n) is 15.5. The fourth-order valence-electron chi connectivity index (χ4n) is 6.23. The number of fused-ring (bicyclic) bond motifs is 3. The molecule has 0 unspecified atom stereocenters. The third-order valence-electron chi connectivity index (χ3n) is 8.47. The molecule has 3 nitrogen and oxygen atoms in total. The van der Waals surface area contributed by atoms with Crippen LogP contribution in [0.2, 0.25) is 0 Å². The maximum absolute atomic E-state index is 5.90. The van der Waals surface area contributed by atoms with Crippen LogP contribution in [0.4, 0.5) is 0 Å². The summed E-state index contributed by atoms with van der Waals surface area (Å²) in [5.74, 6) is 0.847. The molecule has 0 atom stereocenters. The Morgan fingerprint density at radius 3 is 2.13 bits per heavy atom. The van der Waals surface area contributed by atoms with Crippen LogP contribution in [0.1, 0.15) is 42.4 Å². The van der Waals surface area contributed by atoms with E-state index in [1.54, 1.807) is 0 Å². The zero-order chi connectivity index (χ0) is 29.6. The van der Waals surface area contributed by atoms with Crippen molar-refractivity contribution < 1.29 is 24.5 Å². The minimum absolute atomic E-state index is 0. The molecule has 0 amide bonds. The summed E-state index contributed by atoms with van der Waals surface area (Å²) in [6.45, 7) is 0. The van der Waals surface area contributed by atoms with E-state index in [9.17, 15) is 0 Å². The largest absolute Gasteiger partial charge is 0.500 e. The van der Waals surface area contributed by atoms with Crippen LogP contribution < -0.4 is 0 Å². The van der Waals surface area contributed by atoms with E-state index in [1.165, 1.54) is 48.8 Å². The van der Waals surface area contributed by atoms with Gasteiger partial charge in [0.25, 0.3) is 0 Å². The van der Waals surface area contributed by atoms with Gasteiger partial charge < -0.3 is 14.4 Å². The molecule has 0 aliphatic heterocycles. The molecule has 225 valence electrons. The Hall–Kier alpha value is -4.37. The van der Waals surface area contributed by atoms with Gasteiger partial charge in [-0.2, -0.15) is 0 Å². The third kappa shape index (κ3) is 7.48. The van der Waals surface area contributed by atoms with Crippen molar-refractivity contribution in [3.8, 4) is 22.5 Å². The standard InChI is InChI=1S/C23H20NO.C18H14N.Ir/c1-2-6-16(5-1)13-17-11-12-24-21(14-17)18-9-10-23-20(15-18)19-7-3-4-8-22(19)25-23;1-3-7-15(8-4-1)13-16-11-12-19-18(14-16)17-9-5-2-6-10-17;/h3-4,7-8,10-12,14-16H,1-2,5-6,13H2;1-9,11-12,14H,13H2;/q2*-1;. The summed E-state index contributed by atoms with van der Waals surface area (Å²) in [5, 5.41) is 2.28. The van der Waals surface area contributed by atoms with Crippen molar-refractivity contribution in [3.05, 3.63) is 156 Å². The van der Waals surface area contributed by atoms with Gasteiger partial charge in [-0.1, -0.05) is 97.3 Å². The first kappa shape index (κ1) is 30.6. The van der Waals surface area contributed by atoms with Gasteiger partial charge in [0.2, 0.25) is 0 Å². The maximum Gasteiger partial charge on any atom is 0.120 e. The molecule has 1 aliphatic carbocycles. The Morgan fingerprint density at radius 2 is 1.33 bits per heavy atom. The van der Waals surface area contributed by atoms with Crippen molar-refractivity contribution in [2.75, 3.05) is 0 Å². The second-order valence-corrected chi connectivity index (χ2v) is 11.6. The van der Waals surface area contributed by atoms with Crippen LogP contribution in [0, 0.1) is 18.1 Å². The number of para-hydroxylation sites is 1. The number of aromatic nitrogens is 2. The smallest absolute Gasteiger partial charge is 0.120 e. The summed E-state index contributed by atoms with van der Waals surface area (Å²) in [4.78, 5) is 9.01. The van der Waals surface area contributed by atoms with Gasteiger partial charge >= 0.3 is 0 Å². The van der Waals surface area contributed by atoms with E-state index in [-0.39, 0.29) is 20.1 Å². The Balaban J connectivity index is 0.000000161. The van der Waals surface area contributed by atoms with Crippen molar-refractivity contribution in [1.29, 1.82) is 0 Å². The second kappa shape index (κ2) is 14.6. The fraction of sp³-hybridized carbons (Fsp3) is 0.171. The first-order valence-corrected chi connectivity index (χ1v) is 15.5. The van der Waals surface area contributed by atoms with Crippen LogP contribution in [-0.4, -0.2) is 9.97 Å². The summed E-state index contributed by atoms with van der Waals surface area (Å²) in [6.07, 6.45) is 11.4. The van der Waals surface area contributed by atoms with Crippen molar-refractivity contribution in [2.45, 2.75) is 38.5 Å². The third-order valence-corrected chi connectivity index (χ3v) is 8.47. The van der Waals surface area contributed by atoms with Gasteiger partial charge in [-0.3, -0.25) is 0 Å². The molecule has 0 N–H and O–H groups in total. The van der Waals surface area contributed by atoms with E-state index in [2.05, 4.69) is 82.8 Å². The summed E-state index contributed by atoms with van der Waals surface area (Å²) >= 11 is 0. The van der Waals surface area contributed by atoms with Crippen molar-refractivity contribution >= 4 is 21.9 Å². The molecule has 3 heterocycles. The molecule has 1 radical (unpaired) electrons. The number of furan rings is 1. The summed E-state index contributed by atoms with van der Waals surface area (Å²) in [7, 11) is 0. The van der Waals surface area contributed by atoms with Crippen LogP contribution >= 0.6 is 0 Å². The SMILES string of the molecule is [Ir].[c-]1cc2oc3ccccc3c2cc1-c1cc(CC2CCCC2)ccn1.[c-]1ccccc1-c1cc(Cc2ccccc2)ccn1. The number of benzene rings is 4. The van der Waals surface area contributed by atoms with Gasteiger partial charge in [0.05, 0.1) is 5.58 Å². The average Bonchev–Trinajstić information content (AvgIpc) is 3.74. The molecule has 4 heteroatoms. The number of hydrogen-bond donors (Lipinski definition) is 0. The number of pyridine rings is 2. The molecule has 1 fully saturated rings. The van der Waals surface area contributed by atoms with E-state index in [0.29, 0.717) is 0 Å². The van der Waals surface area contributed by atoms with E-state index >= 15 is 0 Å².